The Morgan fingerprint density at radius 1 is 1.08 bits per heavy atom. The van der Waals surface area contributed by atoms with E-state index in [1.54, 1.807) is 11.3 Å². The number of primary sulfonamides is 1. The van der Waals surface area contributed by atoms with Gasteiger partial charge >= 0.3 is 0 Å². The fourth-order valence-corrected chi connectivity index (χ4v) is 4.40. The van der Waals surface area contributed by atoms with Crippen molar-refractivity contribution < 1.29 is 16.8 Å². The molecule has 1 aromatic carbocycles. The van der Waals surface area contributed by atoms with Gasteiger partial charge in [-0.1, -0.05) is 0 Å². The lowest BCUT2D eigenvalue weighted by Crippen LogP contribution is -2.34. The Balaban J connectivity index is 2.16. The summed E-state index contributed by atoms with van der Waals surface area (Å²) in [6, 6.07) is 6.63. The minimum Gasteiger partial charge on any atom is -0.301 e. The van der Waals surface area contributed by atoms with Gasteiger partial charge in [-0.05, 0) is 60.8 Å². The molecule has 132 valence electrons. The van der Waals surface area contributed by atoms with Crippen molar-refractivity contribution in [2.75, 3.05) is 20.6 Å². The summed E-state index contributed by atoms with van der Waals surface area (Å²) >= 11 is 1.55. The van der Waals surface area contributed by atoms with Crippen LogP contribution in [0.3, 0.4) is 0 Å². The van der Waals surface area contributed by atoms with Crippen molar-refractivity contribution in [2.24, 2.45) is 5.14 Å². The van der Waals surface area contributed by atoms with Crippen LogP contribution in [-0.2, 0) is 20.0 Å². The van der Waals surface area contributed by atoms with Crippen molar-refractivity contribution in [3.8, 4) is 0 Å². The summed E-state index contributed by atoms with van der Waals surface area (Å²) in [7, 11) is -3.86. The monoisotopic (exact) mass is 389 g/mol. The second-order valence-corrected chi connectivity index (χ2v) is 9.51. The number of sulfonamides is 2. The van der Waals surface area contributed by atoms with Gasteiger partial charge < -0.3 is 4.90 Å². The summed E-state index contributed by atoms with van der Waals surface area (Å²) in [4.78, 5) is 1.78. The van der Waals surface area contributed by atoms with Crippen LogP contribution in [0.15, 0.2) is 50.9 Å². The molecule has 0 fully saturated rings. The van der Waals surface area contributed by atoms with Gasteiger partial charge in [-0.2, -0.15) is 11.3 Å². The summed E-state index contributed by atoms with van der Waals surface area (Å²) in [5.74, 6) is 0. The van der Waals surface area contributed by atoms with Crippen molar-refractivity contribution in [3.63, 3.8) is 0 Å². The molecule has 2 rings (SSSR count). The van der Waals surface area contributed by atoms with E-state index in [2.05, 4.69) is 4.72 Å². The lowest BCUT2D eigenvalue weighted by atomic mass is 10.1. The van der Waals surface area contributed by atoms with Crippen molar-refractivity contribution >= 4 is 31.4 Å². The molecule has 1 aromatic heterocycles. The van der Waals surface area contributed by atoms with Crippen molar-refractivity contribution in [3.05, 3.63) is 46.7 Å². The highest BCUT2D eigenvalue weighted by Gasteiger charge is 2.20. The highest BCUT2D eigenvalue weighted by Crippen LogP contribution is 2.21. The second-order valence-electron chi connectivity index (χ2n) is 5.40. The Kier molecular flexibility index (Phi) is 5.78. The molecule has 10 heteroatoms. The van der Waals surface area contributed by atoms with Crippen LogP contribution in [0.25, 0.3) is 0 Å². The van der Waals surface area contributed by atoms with Crippen molar-refractivity contribution in [1.82, 2.24) is 9.62 Å². The van der Waals surface area contributed by atoms with E-state index in [4.69, 9.17) is 5.14 Å². The lowest BCUT2D eigenvalue weighted by Gasteiger charge is -2.24. The van der Waals surface area contributed by atoms with Gasteiger partial charge in [-0.15, -0.1) is 0 Å². The molecule has 0 saturated heterocycles. The summed E-state index contributed by atoms with van der Waals surface area (Å²) in [6.07, 6.45) is 0. The molecule has 0 bridgehead atoms. The minimum absolute atomic E-state index is 0.0160. The average molecular weight is 390 g/mol. The number of likely N-dealkylation sites (N-methyl/N-ethyl adjacent to an activating group) is 1. The smallest absolute Gasteiger partial charge is 0.240 e. The van der Waals surface area contributed by atoms with Crippen LogP contribution in [0.2, 0.25) is 0 Å². The topological polar surface area (TPSA) is 110 Å². The Hall–Kier alpha value is -1.30. The Bertz CT molecular complexity index is 874. The quantitative estimate of drug-likeness (QED) is 0.733. The number of nitrogens with two attached hydrogens (primary N) is 1. The van der Waals surface area contributed by atoms with E-state index in [1.165, 1.54) is 24.3 Å². The second kappa shape index (κ2) is 7.30. The molecule has 1 heterocycles. The molecule has 3 N–H and O–H groups in total. The summed E-state index contributed by atoms with van der Waals surface area (Å²) in [6.45, 7) is 0.197. The average Bonchev–Trinajstić information content (AvgIpc) is 3.00. The van der Waals surface area contributed by atoms with E-state index in [-0.39, 0.29) is 22.4 Å². The van der Waals surface area contributed by atoms with Gasteiger partial charge in [0.2, 0.25) is 20.0 Å². The van der Waals surface area contributed by atoms with Gasteiger partial charge in [0.05, 0.1) is 9.79 Å². The normalized spacial score (nSPS) is 14.0. The zero-order valence-electron chi connectivity index (χ0n) is 13.2. The molecule has 24 heavy (non-hydrogen) atoms. The highest BCUT2D eigenvalue weighted by atomic mass is 32.2. The molecule has 0 aliphatic carbocycles. The molecular formula is C14H19N3O4S3. The Labute approximate surface area is 146 Å². The van der Waals surface area contributed by atoms with Gasteiger partial charge in [-0.3, -0.25) is 0 Å². The van der Waals surface area contributed by atoms with Crippen LogP contribution >= 0.6 is 11.3 Å². The van der Waals surface area contributed by atoms with Crippen molar-refractivity contribution in [2.45, 2.75) is 15.8 Å². The Morgan fingerprint density at radius 3 is 2.12 bits per heavy atom. The molecular weight excluding hydrogens is 370 g/mol. The molecule has 7 nitrogen and oxygen atoms in total. The third kappa shape index (κ3) is 4.62. The standard InChI is InChI=1S/C14H19N3O4S3/c1-17(2)14(11-7-8-22-10-11)9-16-24(20,21)13-5-3-12(4-6-13)23(15,18)19/h3-8,10,14,16H,9H2,1-2H3,(H2,15,18,19). The largest absolute Gasteiger partial charge is 0.301 e. The summed E-state index contributed by atoms with van der Waals surface area (Å²) in [5, 5.41) is 8.91. The van der Waals surface area contributed by atoms with Gasteiger partial charge in [0.1, 0.15) is 0 Å². The maximum absolute atomic E-state index is 12.4. The number of hydrogen-bond acceptors (Lipinski definition) is 6. The van der Waals surface area contributed by atoms with E-state index in [0.717, 1.165) is 5.56 Å². The van der Waals surface area contributed by atoms with E-state index >= 15 is 0 Å². The van der Waals surface area contributed by atoms with Crippen LogP contribution in [0.5, 0.6) is 0 Å². The number of nitrogens with zero attached hydrogens (tertiary/aromatic N) is 1. The van der Waals surface area contributed by atoms with Crippen LogP contribution in [-0.4, -0.2) is 42.4 Å². The molecule has 1 unspecified atom stereocenters. The number of benzene rings is 1. The first-order chi connectivity index (χ1) is 11.1. The number of hydrogen-bond donors (Lipinski definition) is 2. The number of thiophene rings is 1. The molecule has 0 amide bonds. The SMILES string of the molecule is CN(C)C(CNS(=O)(=O)c1ccc(S(N)(=O)=O)cc1)c1ccsc1. The van der Waals surface area contributed by atoms with Crippen molar-refractivity contribution in [1.29, 1.82) is 0 Å². The van der Waals surface area contributed by atoms with Gasteiger partial charge in [0.25, 0.3) is 0 Å². The first kappa shape index (κ1) is 19.0. The maximum Gasteiger partial charge on any atom is 0.240 e. The zero-order chi connectivity index (χ0) is 18.0. The van der Waals surface area contributed by atoms with Gasteiger partial charge in [0.15, 0.2) is 0 Å². The van der Waals surface area contributed by atoms with E-state index < -0.39 is 20.0 Å². The summed E-state index contributed by atoms with van der Waals surface area (Å²) in [5.41, 5.74) is 1.03. The van der Waals surface area contributed by atoms with Crippen LogP contribution < -0.4 is 9.86 Å². The maximum atomic E-state index is 12.4. The van der Waals surface area contributed by atoms with E-state index in [1.807, 2.05) is 35.8 Å². The van der Waals surface area contributed by atoms with E-state index in [9.17, 15) is 16.8 Å². The van der Waals surface area contributed by atoms with Gasteiger partial charge in [-0.25, -0.2) is 26.7 Å². The molecule has 0 radical (unpaired) electrons. The van der Waals surface area contributed by atoms with Crippen LogP contribution in [0, 0.1) is 0 Å². The number of nitrogens with one attached hydrogen (secondary N) is 1. The zero-order valence-corrected chi connectivity index (χ0v) is 15.7. The predicted octanol–water partition coefficient (Wildman–Crippen LogP) is 0.977. The molecule has 0 saturated carbocycles. The Morgan fingerprint density at radius 2 is 1.67 bits per heavy atom. The lowest BCUT2D eigenvalue weighted by molar-refractivity contribution is 0.300. The molecule has 2 aromatic rings. The highest BCUT2D eigenvalue weighted by molar-refractivity contribution is 7.89. The fourth-order valence-electron chi connectivity index (χ4n) is 2.14. The fraction of sp³-hybridized carbons (Fsp3) is 0.286. The third-order valence-electron chi connectivity index (χ3n) is 3.48. The third-order valence-corrected chi connectivity index (χ3v) is 6.55. The minimum atomic E-state index is -3.85. The molecule has 0 aliphatic rings. The van der Waals surface area contributed by atoms with Gasteiger partial charge in [0, 0.05) is 12.6 Å². The molecule has 0 spiro atoms. The first-order valence-electron chi connectivity index (χ1n) is 6.92. The van der Waals surface area contributed by atoms with Crippen LogP contribution in [0.4, 0.5) is 0 Å². The number of rotatable bonds is 7. The van der Waals surface area contributed by atoms with E-state index in [0.29, 0.717) is 0 Å². The molecule has 1 atom stereocenters. The predicted molar refractivity (Wildman–Crippen MR) is 93.8 cm³/mol. The summed E-state index contributed by atoms with van der Waals surface area (Å²) < 4.78 is 49.8. The molecule has 0 aliphatic heterocycles. The first-order valence-corrected chi connectivity index (χ1v) is 10.9. The van der Waals surface area contributed by atoms with Crippen LogP contribution in [0.1, 0.15) is 11.6 Å².